The number of aryl methyl sites for hydroxylation is 1. The molecule has 4 rings (SSSR count). The Labute approximate surface area is 145 Å². The quantitative estimate of drug-likeness (QED) is 0.754. The van der Waals surface area contributed by atoms with E-state index in [0.717, 1.165) is 29.6 Å². The van der Waals surface area contributed by atoms with Gasteiger partial charge >= 0.3 is 0 Å². The number of para-hydroxylation sites is 1. The lowest BCUT2D eigenvalue weighted by Crippen LogP contribution is -2.44. The summed E-state index contributed by atoms with van der Waals surface area (Å²) in [5, 5.41) is 21.4. The molecule has 1 aromatic carbocycles. The van der Waals surface area contributed by atoms with Gasteiger partial charge in [0, 0.05) is 43.2 Å². The molecule has 1 saturated carbocycles. The molecule has 25 heavy (non-hydrogen) atoms. The molecule has 0 spiro atoms. The molecule has 7 heteroatoms. The van der Waals surface area contributed by atoms with Crippen LogP contribution in [0.5, 0.6) is 0 Å². The predicted octanol–water partition coefficient (Wildman–Crippen LogP) is 1.48. The highest BCUT2D eigenvalue weighted by Crippen LogP contribution is 2.36. The number of fused-ring (bicyclic) bond motifs is 1. The van der Waals surface area contributed by atoms with E-state index in [1.165, 1.54) is 0 Å². The van der Waals surface area contributed by atoms with Crippen molar-refractivity contribution in [3.05, 3.63) is 47.7 Å². The summed E-state index contributed by atoms with van der Waals surface area (Å²) in [5.74, 6) is 1.68. The van der Waals surface area contributed by atoms with Gasteiger partial charge in [-0.15, -0.1) is 10.2 Å². The van der Waals surface area contributed by atoms with Gasteiger partial charge in [0.2, 0.25) is 0 Å². The van der Waals surface area contributed by atoms with E-state index in [-0.39, 0.29) is 24.5 Å². The Hall–Kier alpha value is -2.67. The average Bonchev–Trinajstić information content (AvgIpc) is 3.11. The van der Waals surface area contributed by atoms with Crippen molar-refractivity contribution in [1.82, 2.24) is 24.6 Å². The number of aliphatic hydroxyl groups is 1. The standard InChI is InChI=1S/C18H21N5O2/c1-22-9-14(13-5-3-4-6-15(13)22)18(25)19-12-7-11(8-12)17-21-20-16(10-24)23(17)2/h3-6,9,11-12,24H,7-8,10H2,1-2H3,(H,19,25). The Bertz CT molecular complexity index is 936. The van der Waals surface area contributed by atoms with Crippen molar-refractivity contribution < 1.29 is 9.90 Å². The van der Waals surface area contributed by atoms with E-state index >= 15 is 0 Å². The maximum Gasteiger partial charge on any atom is 0.253 e. The molecule has 1 aliphatic rings. The number of carbonyl (C=O) groups excluding carboxylic acids is 1. The first kappa shape index (κ1) is 15.8. The average molecular weight is 339 g/mol. The van der Waals surface area contributed by atoms with Crippen molar-refractivity contribution in [3.8, 4) is 0 Å². The molecule has 1 aliphatic carbocycles. The Kier molecular flexibility index (Phi) is 3.80. The zero-order valence-electron chi connectivity index (χ0n) is 14.3. The lowest BCUT2D eigenvalue weighted by molar-refractivity contribution is 0.0908. The molecule has 7 nitrogen and oxygen atoms in total. The van der Waals surface area contributed by atoms with Crippen LogP contribution in [0.4, 0.5) is 0 Å². The van der Waals surface area contributed by atoms with Gasteiger partial charge in [-0.25, -0.2) is 0 Å². The van der Waals surface area contributed by atoms with Crippen molar-refractivity contribution >= 4 is 16.8 Å². The fraction of sp³-hybridized carbons (Fsp3) is 0.389. The van der Waals surface area contributed by atoms with E-state index in [1.54, 1.807) is 0 Å². The molecule has 0 aliphatic heterocycles. The highest BCUT2D eigenvalue weighted by Gasteiger charge is 2.35. The molecule has 3 aromatic rings. The molecular formula is C18H21N5O2. The van der Waals surface area contributed by atoms with Gasteiger partial charge in [-0.2, -0.15) is 0 Å². The summed E-state index contributed by atoms with van der Waals surface area (Å²) in [6.45, 7) is -0.114. The Morgan fingerprint density at radius 1 is 1.28 bits per heavy atom. The van der Waals surface area contributed by atoms with Crippen LogP contribution in [0.15, 0.2) is 30.5 Å². The van der Waals surface area contributed by atoms with E-state index in [2.05, 4.69) is 15.5 Å². The van der Waals surface area contributed by atoms with Gasteiger partial charge in [0.25, 0.3) is 5.91 Å². The number of carbonyl (C=O) groups is 1. The molecule has 0 atom stereocenters. The van der Waals surface area contributed by atoms with E-state index in [1.807, 2.05) is 53.7 Å². The van der Waals surface area contributed by atoms with Crippen molar-refractivity contribution in [2.45, 2.75) is 31.4 Å². The van der Waals surface area contributed by atoms with E-state index < -0.39 is 0 Å². The van der Waals surface area contributed by atoms with Crippen LogP contribution in [0.3, 0.4) is 0 Å². The second-order valence-electron chi connectivity index (χ2n) is 6.70. The third-order valence-electron chi connectivity index (χ3n) is 5.12. The SMILES string of the molecule is Cn1c(CO)nnc1C1CC(NC(=O)c2cn(C)c3ccccc23)C1. The Morgan fingerprint density at radius 2 is 2.04 bits per heavy atom. The van der Waals surface area contributed by atoms with Gasteiger partial charge in [-0.05, 0) is 18.9 Å². The summed E-state index contributed by atoms with van der Waals surface area (Å²) in [7, 11) is 3.81. The molecule has 2 aromatic heterocycles. The third kappa shape index (κ3) is 2.60. The monoisotopic (exact) mass is 339 g/mol. The summed E-state index contributed by atoms with van der Waals surface area (Å²) in [6, 6.07) is 8.06. The van der Waals surface area contributed by atoms with E-state index in [9.17, 15) is 9.90 Å². The van der Waals surface area contributed by atoms with Gasteiger partial charge in [-0.3, -0.25) is 4.79 Å². The molecule has 2 heterocycles. The van der Waals surface area contributed by atoms with E-state index in [4.69, 9.17) is 0 Å². The summed E-state index contributed by atoms with van der Waals surface area (Å²) >= 11 is 0. The van der Waals surface area contributed by atoms with Gasteiger partial charge in [0.1, 0.15) is 12.4 Å². The lowest BCUT2D eigenvalue weighted by atomic mass is 9.79. The molecule has 0 unspecified atom stereocenters. The maximum atomic E-state index is 12.6. The van der Waals surface area contributed by atoms with E-state index in [0.29, 0.717) is 11.4 Å². The van der Waals surface area contributed by atoms with Crippen LogP contribution < -0.4 is 5.32 Å². The van der Waals surface area contributed by atoms with Gasteiger partial charge in [0.05, 0.1) is 5.56 Å². The lowest BCUT2D eigenvalue weighted by Gasteiger charge is -2.35. The maximum absolute atomic E-state index is 12.6. The van der Waals surface area contributed by atoms with Crippen LogP contribution in [0.25, 0.3) is 10.9 Å². The van der Waals surface area contributed by atoms with Crippen LogP contribution in [0.2, 0.25) is 0 Å². The topological polar surface area (TPSA) is 85.0 Å². The molecule has 1 fully saturated rings. The molecule has 2 N–H and O–H groups in total. The minimum absolute atomic E-state index is 0.0331. The fourth-order valence-electron chi connectivity index (χ4n) is 3.60. The molecular weight excluding hydrogens is 318 g/mol. The number of nitrogens with one attached hydrogen (secondary N) is 1. The number of aromatic nitrogens is 4. The number of hydrogen-bond donors (Lipinski definition) is 2. The van der Waals surface area contributed by atoms with Gasteiger partial charge < -0.3 is 19.6 Å². The number of rotatable bonds is 4. The smallest absolute Gasteiger partial charge is 0.253 e. The van der Waals surface area contributed by atoms with Crippen molar-refractivity contribution in [2.75, 3.05) is 0 Å². The second-order valence-corrected chi connectivity index (χ2v) is 6.70. The number of nitrogens with zero attached hydrogens (tertiary/aromatic N) is 4. The Morgan fingerprint density at radius 3 is 2.76 bits per heavy atom. The molecule has 0 saturated heterocycles. The first-order valence-corrected chi connectivity index (χ1v) is 8.42. The largest absolute Gasteiger partial charge is 0.388 e. The number of hydrogen-bond acceptors (Lipinski definition) is 4. The van der Waals surface area contributed by atoms with Crippen molar-refractivity contribution in [2.24, 2.45) is 14.1 Å². The summed E-state index contributed by atoms with van der Waals surface area (Å²) in [5.41, 5.74) is 1.76. The molecule has 0 bridgehead atoms. The first-order chi connectivity index (χ1) is 12.1. The minimum atomic E-state index is -0.114. The van der Waals surface area contributed by atoms with Gasteiger partial charge in [0.15, 0.2) is 5.82 Å². The highest BCUT2D eigenvalue weighted by molar-refractivity contribution is 6.07. The fourth-order valence-corrected chi connectivity index (χ4v) is 3.60. The zero-order valence-corrected chi connectivity index (χ0v) is 14.3. The van der Waals surface area contributed by atoms with Crippen molar-refractivity contribution in [1.29, 1.82) is 0 Å². The minimum Gasteiger partial charge on any atom is -0.388 e. The van der Waals surface area contributed by atoms with Crippen LogP contribution in [-0.4, -0.2) is 36.4 Å². The van der Waals surface area contributed by atoms with Crippen LogP contribution in [0.1, 0.15) is 40.8 Å². The first-order valence-electron chi connectivity index (χ1n) is 8.42. The normalized spacial score (nSPS) is 19.8. The molecule has 130 valence electrons. The molecule has 1 amide bonds. The Balaban J connectivity index is 1.44. The molecule has 0 radical (unpaired) electrons. The van der Waals surface area contributed by atoms with Crippen LogP contribution in [-0.2, 0) is 20.7 Å². The van der Waals surface area contributed by atoms with Crippen molar-refractivity contribution in [3.63, 3.8) is 0 Å². The number of amides is 1. The van der Waals surface area contributed by atoms with Gasteiger partial charge in [-0.1, -0.05) is 18.2 Å². The summed E-state index contributed by atoms with van der Waals surface area (Å²) < 4.78 is 3.82. The summed E-state index contributed by atoms with van der Waals surface area (Å²) in [4.78, 5) is 12.6. The van der Waals surface area contributed by atoms with Crippen LogP contribution in [0, 0.1) is 0 Å². The zero-order chi connectivity index (χ0) is 17.6. The van der Waals surface area contributed by atoms with Crippen LogP contribution >= 0.6 is 0 Å². The second kappa shape index (κ2) is 6.00. The number of benzene rings is 1. The number of aliphatic hydroxyl groups excluding tert-OH is 1. The summed E-state index contributed by atoms with van der Waals surface area (Å²) in [6.07, 6.45) is 3.56. The highest BCUT2D eigenvalue weighted by atomic mass is 16.3. The third-order valence-corrected chi connectivity index (χ3v) is 5.12. The predicted molar refractivity (Wildman–Crippen MR) is 93.1 cm³/mol.